The number of nitrogens with zero attached hydrogens (tertiary/aromatic N) is 2. The lowest BCUT2D eigenvalue weighted by Gasteiger charge is -2.37. The molecule has 0 aliphatic carbocycles. The average molecular weight is 303 g/mol. The molecule has 0 bridgehead atoms. The van der Waals surface area contributed by atoms with E-state index in [9.17, 15) is 9.59 Å². The van der Waals surface area contributed by atoms with Crippen LogP contribution >= 0.6 is 11.8 Å². The maximum absolute atomic E-state index is 12.0. The maximum atomic E-state index is 12.0. The Balaban J connectivity index is 2.38. The molecule has 2 amide bonds. The Morgan fingerprint density at radius 2 is 1.85 bits per heavy atom. The van der Waals surface area contributed by atoms with Crippen LogP contribution in [0.2, 0.25) is 0 Å². The van der Waals surface area contributed by atoms with Crippen molar-refractivity contribution in [1.29, 1.82) is 0 Å². The van der Waals surface area contributed by atoms with Crippen LogP contribution in [0, 0.1) is 0 Å². The van der Waals surface area contributed by atoms with Crippen LogP contribution < -0.4 is 5.32 Å². The SMILES string of the molecule is CSC(C)(C)CNC(=O)N1CCN(C(C)C(=O)O)CC1. The Bertz CT molecular complexity index is 355. The minimum absolute atomic E-state index is 0.0231. The molecule has 116 valence electrons. The highest BCUT2D eigenvalue weighted by atomic mass is 32.2. The number of carboxylic acids is 1. The first-order valence-electron chi connectivity index (χ1n) is 6.81. The number of urea groups is 1. The van der Waals surface area contributed by atoms with Crippen molar-refractivity contribution in [3.05, 3.63) is 0 Å². The first-order valence-corrected chi connectivity index (χ1v) is 8.04. The number of hydrogen-bond donors (Lipinski definition) is 2. The molecule has 1 heterocycles. The molecule has 0 aromatic rings. The molecule has 2 N–H and O–H groups in total. The molecular weight excluding hydrogens is 278 g/mol. The molecule has 1 aliphatic heterocycles. The van der Waals surface area contributed by atoms with E-state index in [1.165, 1.54) is 0 Å². The number of aliphatic carboxylic acids is 1. The fourth-order valence-corrected chi connectivity index (χ4v) is 2.16. The van der Waals surface area contributed by atoms with Crippen LogP contribution in [0.4, 0.5) is 4.79 Å². The van der Waals surface area contributed by atoms with E-state index in [0.717, 1.165) is 0 Å². The number of thioether (sulfide) groups is 1. The van der Waals surface area contributed by atoms with E-state index in [2.05, 4.69) is 19.2 Å². The summed E-state index contributed by atoms with van der Waals surface area (Å²) in [5.41, 5.74) is 0. The Labute approximate surface area is 124 Å². The van der Waals surface area contributed by atoms with Gasteiger partial charge in [-0.05, 0) is 27.0 Å². The monoisotopic (exact) mass is 303 g/mol. The molecule has 1 unspecified atom stereocenters. The van der Waals surface area contributed by atoms with E-state index in [1.54, 1.807) is 23.6 Å². The van der Waals surface area contributed by atoms with Gasteiger partial charge in [-0.25, -0.2) is 4.79 Å². The van der Waals surface area contributed by atoms with Crippen molar-refractivity contribution in [3.8, 4) is 0 Å². The van der Waals surface area contributed by atoms with Gasteiger partial charge in [0.25, 0.3) is 0 Å². The van der Waals surface area contributed by atoms with Gasteiger partial charge in [-0.2, -0.15) is 11.8 Å². The van der Waals surface area contributed by atoms with Crippen LogP contribution in [0.3, 0.4) is 0 Å². The summed E-state index contributed by atoms with van der Waals surface area (Å²) in [6, 6.07) is -0.551. The third-order valence-electron chi connectivity index (χ3n) is 3.72. The van der Waals surface area contributed by atoms with Gasteiger partial charge >= 0.3 is 12.0 Å². The lowest BCUT2D eigenvalue weighted by Crippen LogP contribution is -2.55. The summed E-state index contributed by atoms with van der Waals surface area (Å²) in [5, 5.41) is 11.9. The second kappa shape index (κ2) is 7.17. The van der Waals surface area contributed by atoms with Crippen molar-refractivity contribution in [1.82, 2.24) is 15.1 Å². The van der Waals surface area contributed by atoms with Gasteiger partial charge in [-0.3, -0.25) is 9.69 Å². The fraction of sp³-hybridized carbons (Fsp3) is 0.846. The van der Waals surface area contributed by atoms with Crippen LogP contribution in [0.15, 0.2) is 0 Å². The van der Waals surface area contributed by atoms with Gasteiger partial charge < -0.3 is 15.3 Å². The summed E-state index contributed by atoms with van der Waals surface area (Å²) < 4.78 is 0.0231. The molecule has 0 radical (unpaired) electrons. The van der Waals surface area contributed by atoms with Crippen molar-refractivity contribution >= 4 is 23.8 Å². The van der Waals surface area contributed by atoms with Crippen LogP contribution in [0.5, 0.6) is 0 Å². The van der Waals surface area contributed by atoms with Gasteiger partial charge in [0.05, 0.1) is 0 Å². The predicted molar refractivity (Wildman–Crippen MR) is 81.2 cm³/mol. The molecule has 1 saturated heterocycles. The number of amides is 2. The molecule has 0 saturated carbocycles. The number of carbonyl (C=O) groups excluding carboxylic acids is 1. The number of rotatable bonds is 5. The second-order valence-electron chi connectivity index (χ2n) is 5.66. The number of piperazine rings is 1. The molecule has 0 aromatic carbocycles. The van der Waals surface area contributed by atoms with E-state index >= 15 is 0 Å². The number of carboxylic acid groups (broad SMARTS) is 1. The molecule has 1 atom stereocenters. The van der Waals surface area contributed by atoms with Gasteiger partial charge in [-0.15, -0.1) is 0 Å². The third-order valence-corrected chi connectivity index (χ3v) is 4.97. The van der Waals surface area contributed by atoms with Crippen molar-refractivity contribution in [3.63, 3.8) is 0 Å². The number of hydrogen-bond acceptors (Lipinski definition) is 4. The first-order chi connectivity index (χ1) is 9.26. The third kappa shape index (κ3) is 4.86. The molecule has 1 aliphatic rings. The van der Waals surface area contributed by atoms with Gasteiger partial charge in [0.2, 0.25) is 0 Å². The van der Waals surface area contributed by atoms with Gasteiger partial charge in [0, 0.05) is 37.5 Å². The summed E-state index contributed by atoms with van der Waals surface area (Å²) >= 11 is 1.72. The molecule has 0 spiro atoms. The minimum atomic E-state index is -0.815. The van der Waals surface area contributed by atoms with E-state index in [4.69, 9.17) is 5.11 Å². The molecule has 0 aromatic heterocycles. The number of carbonyl (C=O) groups is 2. The van der Waals surface area contributed by atoms with Gasteiger partial charge in [0.15, 0.2) is 0 Å². The van der Waals surface area contributed by atoms with Crippen LogP contribution in [-0.4, -0.2) is 76.7 Å². The van der Waals surface area contributed by atoms with E-state index < -0.39 is 12.0 Å². The normalized spacial score (nSPS) is 18.7. The fourth-order valence-electron chi connectivity index (χ4n) is 1.94. The summed E-state index contributed by atoms with van der Waals surface area (Å²) in [4.78, 5) is 26.6. The molecular formula is C13H25N3O3S. The Hall–Kier alpha value is -0.950. The van der Waals surface area contributed by atoms with E-state index in [-0.39, 0.29) is 10.8 Å². The summed E-state index contributed by atoms with van der Waals surface area (Å²) in [7, 11) is 0. The Morgan fingerprint density at radius 1 is 1.30 bits per heavy atom. The largest absolute Gasteiger partial charge is 0.480 e. The minimum Gasteiger partial charge on any atom is -0.480 e. The highest BCUT2D eigenvalue weighted by Crippen LogP contribution is 2.19. The summed E-state index contributed by atoms with van der Waals surface area (Å²) in [5.74, 6) is -0.815. The zero-order valence-corrected chi connectivity index (χ0v) is 13.5. The van der Waals surface area contributed by atoms with Crippen LogP contribution in [0.25, 0.3) is 0 Å². The second-order valence-corrected chi connectivity index (χ2v) is 7.17. The highest BCUT2D eigenvalue weighted by Gasteiger charge is 2.27. The standard InChI is InChI=1S/C13H25N3O3S/c1-10(11(17)18)15-5-7-16(8-6-15)12(19)14-9-13(2,3)20-4/h10H,5-9H2,1-4H3,(H,14,19)(H,17,18). The lowest BCUT2D eigenvalue weighted by molar-refractivity contribution is -0.143. The molecule has 1 rings (SSSR count). The predicted octanol–water partition coefficient (Wildman–Crippen LogP) is 0.928. The van der Waals surface area contributed by atoms with Crippen molar-refractivity contribution < 1.29 is 14.7 Å². The molecule has 1 fully saturated rings. The summed E-state index contributed by atoms with van der Waals surface area (Å²) in [6.07, 6.45) is 2.03. The molecule has 7 heteroatoms. The van der Waals surface area contributed by atoms with E-state index in [0.29, 0.717) is 32.7 Å². The number of nitrogens with one attached hydrogen (secondary N) is 1. The Kier molecular flexibility index (Phi) is 6.13. The molecule has 6 nitrogen and oxygen atoms in total. The van der Waals surface area contributed by atoms with Crippen molar-refractivity contribution in [2.45, 2.75) is 31.6 Å². The Morgan fingerprint density at radius 3 is 2.30 bits per heavy atom. The zero-order valence-electron chi connectivity index (χ0n) is 12.7. The summed E-state index contributed by atoms with van der Waals surface area (Å²) in [6.45, 7) is 8.83. The lowest BCUT2D eigenvalue weighted by atomic mass is 10.2. The zero-order chi connectivity index (χ0) is 15.3. The van der Waals surface area contributed by atoms with Crippen molar-refractivity contribution in [2.24, 2.45) is 0 Å². The molecule has 20 heavy (non-hydrogen) atoms. The highest BCUT2D eigenvalue weighted by molar-refractivity contribution is 7.99. The van der Waals surface area contributed by atoms with Crippen LogP contribution in [0.1, 0.15) is 20.8 Å². The van der Waals surface area contributed by atoms with E-state index in [1.807, 2.05) is 11.2 Å². The average Bonchev–Trinajstić information content (AvgIpc) is 2.44. The van der Waals surface area contributed by atoms with Gasteiger partial charge in [0.1, 0.15) is 6.04 Å². The van der Waals surface area contributed by atoms with Crippen molar-refractivity contribution in [2.75, 3.05) is 39.0 Å². The quantitative estimate of drug-likeness (QED) is 0.790. The smallest absolute Gasteiger partial charge is 0.320 e. The van der Waals surface area contributed by atoms with Crippen LogP contribution in [-0.2, 0) is 4.79 Å². The first kappa shape index (κ1) is 17.1. The topological polar surface area (TPSA) is 72.9 Å². The van der Waals surface area contributed by atoms with Gasteiger partial charge in [-0.1, -0.05) is 0 Å². The maximum Gasteiger partial charge on any atom is 0.320 e.